The standard InChI is InChI=1S/C20H27BrN2OS/c1-18(2)12-20(23-17(22)25-18)16-10-14(21)5-4-13(16)11-19(20)8-6-15(24-3)7-9-19/h4-5,10,15H,6-9,11-12H2,1-3H3,(H2,22,23). The summed E-state index contributed by atoms with van der Waals surface area (Å²) in [5, 5.41) is 0.748. The van der Waals surface area contributed by atoms with Crippen molar-refractivity contribution in [2.24, 2.45) is 16.1 Å². The van der Waals surface area contributed by atoms with Gasteiger partial charge in [0, 0.05) is 21.7 Å². The van der Waals surface area contributed by atoms with Crippen LogP contribution in [0.2, 0.25) is 0 Å². The molecule has 4 rings (SSSR count). The zero-order valence-corrected chi connectivity index (χ0v) is 17.7. The largest absolute Gasteiger partial charge is 0.381 e. The minimum absolute atomic E-state index is 0.0981. The van der Waals surface area contributed by atoms with Crippen LogP contribution in [-0.2, 0) is 16.7 Å². The molecule has 0 radical (unpaired) electrons. The van der Waals surface area contributed by atoms with Crippen LogP contribution in [0.5, 0.6) is 0 Å². The molecule has 25 heavy (non-hydrogen) atoms. The van der Waals surface area contributed by atoms with Crippen LogP contribution in [0.15, 0.2) is 27.7 Å². The Hall–Kier alpha value is -0.520. The van der Waals surface area contributed by atoms with Crippen molar-refractivity contribution in [2.75, 3.05) is 7.11 Å². The van der Waals surface area contributed by atoms with E-state index in [-0.39, 0.29) is 15.7 Å². The summed E-state index contributed by atoms with van der Waals surface area (Å²) in [6.45, 7) is 4.62. The molecule has 0 amide bonds. The summed E-state index contributed by atoms with van der Waals surface area (Å²) in [7, 11) is 1.84. The fourth-order valence-electron chi connectivity index (χ4n) is 5.50. The van der Waals surface area contributed by atoms with Crippen molar-refractivity contribution in [1.29, 1.82) is 0 Å². The fourth-order valence-corrected chi connectivity index (χ4v) is 6.91. The average Bonchev–Trinajstić information content (AvgIpc) is 2.76. The maximum Gasteiger partial charge on any atom is 0.155 e. The van der Waals surface area contributed by atoms with Gasteiger partial charge in [-0.2, -0.15) is 0 Å². The number of benzene rings is 1. The van der Waals surface area contributed by atoms with Crippen LogP contribution in [0.1, 0.15) is 57.1 Å². The first-order valence-electron chi connectivity index (χ1n) is 9.15. The zero-order valence-electron chi connectivity index (χ0n) is 15.3. The normalized spacial score (nSPS) is 36.5. The lowest BCUT2D eigenvalue weighted by Gasteiger charge is -2.52. The van der Waals surface area contributed by atoms with Crippen LogP contribution >= 0.6 is 27.7 Å². The number of ether oxygens (including phenoxy) is 1. The quantitative estimate of drug-likeness (QED) is 0.691. The molecule has 5 heteroatoms. The molecule has 136 valence electrons. The highest BCUT2D eigenvalue weighted by Gasteiger charge is 2.61. The Morgan fingerprint density at radius 3 is 2.64 bits per heavy atom. The summed E-state index contributed by atoms with van der Waals surface area (Å²) in [6.07, 6.45) is 7.12. The third-order valence-corrected chi connectivity index (χ3v) is 8.00. The van der Waals surface area contributed by atoms with Crippen molar-refractivity contribution >= 4 is 32.9 Å². The second-order valence-corrected chi connectivity index (χ2v) is 11.2. The molecule has 3 aliphatic rings. The second kappa shape index (κ2) is 6.00. The zero-order chi connectivity index (χ0) is 17.9. The molecule has 3 nitrogen and oxygen atoms in total. The lowest BCUT2D eigenvalue weighted by molar-refractivity contribution is -0.00804. The van der Waals surface area contributed by atoms with Gasteiger partial charge in [-0.15, -0.1) is 0 Å². The number of fused-ring (bicyclic) bond motifs is 3. The topological polar surface area (TPSA) is 47.6 Å². The number of rotatable bonds is 1. The van der Waals surface area contributed by atoms with E-state index in [2.05, 4.69) is 48.0 Å². The number of nitrogens with two attached hydrogens (primary N) is 1. The molecule has 1 atom stereocenters. The summed E-state index contributed by atoms with van der Waals surface area (Å²) >= 11 is 5.41. The predicted octanol–water partition coefficient (Wildman–Crippen LogP) is 5.01. The summed E-state index contributed by atoms with van der Waals surface area (Å²) in [5.74, 6) is 0. The van der Waals surface area contributed by atoms with E-state index in [0.29, 0.717) is 6.10 Å². The van der Waals surface area contributed by atoms with Gasteiger partial charge in [0.2, 0.25) is 0 Å². The molecule has 1 aliphatic heterocycles. The van der Waals surface area contributed by atoms with E-state index in [1.54, 1.807) is 11.8 Å². The Balaban J connectivity index is 1.87. The number of hydrogen-bond donors (Lipinski definition) is 1. The number of thioether (sulfide) groups is 1. The summed E-state index contributed by atoms with van der Waals surface area (Å²) in [5.41, 5.74) is 9.22. The lowest BCUT2D eigenvalue weighted by Crippen LogP contribution is -2.51. The molecule has 1 unspecified atom stereocenters. The Bertz CT molecular complexity index is 724. The van der Waals surface area contributed by atoms with Gasteiger partial charge in [0.25, 0.3) is 0 Å². The number of nitrogens with zero attached hydrogens (tertiary/aromatic N) is 1. The molecule has 1 saturated carbocycles. The van der Waals surface area contributed by atoms with Crippen molar-refractivity contribution < 1.29 is 4.74 Å². The Kier molecular flexibility index (Phi) is 4.29. The van der Waals surface area contributed by atoms with E-state index in [0.717, 1.165) is 48.2 Å². The second-order valence-electron chi connectivity index (χ2n) is 8.54. The molecule has 1 heterocycles. The smallest absolute Gasteiger partial charge is 0.155 e. The minimum atomic E-state index is -0.191. The monoisotopic (exact) mass is 422 g/mol. The molecule has 0 saturated heterocycles. The van der Waals surface area contributed by atoms with E-state index in [1.165, 1.54) is 11.1 Å². The van der Waals surface area contributed by atoms with Gasteiger partial charge in [0.05, 0.1) is 11.6 Å². The summed E-state index contributed by atoms with van der Waals surface area (Å²) in [6, 6.07) is 6.76. The Morgan fingerprint density at radius 1 is 1.28 bits per heavy atom. The van der Waals surface area contributed by atoms with Gasteiger partial charge >= 0.3 is 0 Å². The number of hydrogen-bond acceptors (Lipinski definition) is 4. The first-order valence-corrected chi connectivity index (χ1v) is 10.8. The van der Waals surface area contributed by atoms with Gasteiger partial charge in [-0.1, -0.05) is 47.6 Å². The molecule has 1 aromatic carbocycles. The van der Waals surface area contributed by atoms with Crippen LogP contribution in [0, 0.1) is 5.41 Å². The van der Waals surface area contributed by atoms with E-state index in [9.17, 15) is 0 Å². The third-order valence-electron chi connectivity index (χ3n) is 6.51. The van der Waals surface area contributed by atoms with Gasteiger partial charge in [-0.25, -0.2) is 0 Å². The number of amidine groups is 1. The predicted molar refractivity (Wildman–Crippen MR) is 109 cm³/mol. The molecule has 2 N–H and O–H groups in total. The summed E-state index contributed by atoms with van der Waals surface area (Å²) < 4.78 is 6.89. The van der Waals surface area contributed by atoms with E-state index >= 15 is 0 Å². The van der Waals surface area contributed by atoms with Crippen molar-refractivity contribution in [3.05, 3.63) is 33.8 Å². The number of halogens is 1. The highest BCUT2D eigenvalue weighted by atomic mass is 79.9. The summed E-state index contributed by atoms with van der Waals surface area (Å²) in [4.78, 5) is 5.21. The van der Waals surface area contributed by atoms with E-state index in [1.807, 2.05) is 7.11 Å². The van der Waals surface area contributed by atoms with Crippen LogP contribution in [0.4, 0.5) is 0 Å². The molecule has 2 aliphatic carbocycles. The fraction of sp³-hybridized carbons (Fsp3) is 0.650. The maximum atomic E-state index is 6.38. The molecule has 0 aromatic heterocycles. The molecule has 2 spiro atoms. The Labute approximate surface area is 163 Å². The first-order chi connectivity index (χ1) is 11.8. The van der Waals surface area contributed by atoms with Crippen LogP contribution in [0.25, 0.3) is 0 Å². The van der Waals surface area contributed by atoms with Crippen LogP contribution in [0.3, 0.4) is 0 Å². The van der Waals surface area contributed by atoms with E-state index < -0.39 is 0 Å². The Morgan fingerprint density at radius 2 is 2.00 bits per heavy atom. The van der Waals surface area contributed by atoms with Crippen molar-refractivity contribution in [1.82, 2.24) is 0 Å². The SMILES string of the molecule is COC1CCC2(CC1)Cc1ccc(Br)cc1C21CC(C)(C)SC(N)=N1. The van der Waals surface area contributed by atoms with Crippen LogP contribution < -0.4 is 5.73 Å². The first kappa shape index (κ1) is 17.9. The highest BCUT2D eigenvalue weighted by Crippen LogP contribution is 2.65. The molecular weight excluding hydrogens is 396 g/mol. The van der Waals surface area contributed by atoms with Crippen molar-refractivity contribution in [3.8, 4) is 0 Å². The van der Waals surface area contributed by atoms with Gasteiger partial charge in [0.15, 0.2) is 5.17 Å². The minimum Gasteiger partial charge on any atom is -0.381 e. The van der Waals surface area contributed by atoms with Crippen LogP contribution in [-0.4, -0.2) is 23.1 Å². The number of aliphatic imine (C=N–C) groups is 1. The van der Waals surface area contributed by atoms with Crippen molar-refractivity contribution in [2.45, 2.75) is 68.8 Å². The molecule has 1 aromatic rings. The number of methoxy groups -OCH3 is 1. The molecule has 1 fully saturated rings. The third kappa shape index (κ3) is 2.78. The van der Waals surface area contributed by atoms with Crippen molar-refractivity contribution in [3.63, 3.8) is 0 Å². The maximum absolute atomic E-state index is 6.38. The van der Waals surface area contributed by atoms with Gasteiger partial charge in [0.1, 0.15) is 0 Å². The van der Waals surface area contributed by atoms with Gasteiger partial charge in [-0.05, 0) is 61.8 Å². The lowest BCUT2D eigenvalue weighted by atomic mass is 9.59. The molecule has 0 bridgehead atoms. The average molecular weight is 423 g/mol. The highest BCUT2D eigenvalue weighted by molar-refractivity contribution is 9.10. The molecular formula is C20H27BrN2OS. The van der Waals surface area contributed by atoms with Gasteiger partial charge < -0.3 is 10.5 Å². The van der Waals surface area contributed by atoms with E-state index in [4.69, 9.17) is 15.5 Å². The van der Waals surface area contributed by atoms with Gasteiger partial charge in [-0.3, -0.25) is 4.99 Å².